The fourth-order valence-electron chi connectivity index (χ4n) is 2.34. The fraction of sp³-hybridized carbons (Fsp3) is 0.438. The average molecular weight is 273 g/mol. The van der Waals surface area contributed by atoms with E-state index in [1.807, 2.05) is 24.3 Å². The first-order valence-corrected chi connectivity index (χ1v) is 6.77. The van der Waals surface area contributed by atoms with E-state index in [9.17, 15) is 4.79 Å². The minimum absolute atomic E-state index is 0.0394. The van der Waals surface area contributed by atoms with Gasteiger partial charge in [-0.15, -0.1) is 5.92 Å². The number of hydrogen-bond acceptors (Lipinski definition) is 3. The lowest BCUT2D eigenvalue weighted by atomic mass is 9.96. The summed E-state index contributed by atoms with van der Waals surface area (Å²) in [6.45, 7) is 5.03. The maximum atomic E-state index is 10.9. The molecule has 0 bridgehead atoms. The topological polar surface area (TPSA) is 49.8 Å². The van der Waals surface area contributed by atoms with Crippen molar-refractivity contribution >= 4 is 11.7 Å². The van der Waals surface area contributed by atoms with Crippen molar-refractivity contribution in [2.75, 3.05) is 31.2 Å². The maximum Gasteiger partial charge on any atom is 0.304 e. The second-order valence-electron chi connectivity index (χ2n) is 4.74. The third-order valence-corrected chi connectivity index (χ3v) is 3.37. The summed E-state index contributed by atoms with van der Waals surface area (Å²) in [7, 11) is 0. The zero-order valence-electron chi connectivity index (χ0n) is 11.6. The molecule has 106 valence electrons. The van der Waals surface area contributed by atoms with Gasteiger partial charge in [0.15, 0.2) is 0 Å². The van der Waals surface area contributed by atoms with Gasteiger partial charge in [-0.2, -0.15) is 0 Å². The Morgan fingerprint density at radius 1 is 1.35 bits per heavy atom. The normalized spacial score (nSPS) is 16.1. The van der Waals surface area contributed by atoms with Crippen molar-refractivity contribution in [2.24, 2.45) is 0 Å². The van der Waals surface area contributed by atoms with Crippen LogP contribution in [-0.4, -0.2) is 37.4 Å². The Labute approximate surface area is 119 Å². The fourth-order valence-corrected chi connectivity index (χ4v) is 2.34. The second kappa shape index (κ2) is 6.97. The molecule has 0 radical (unpaired) electrons. The molecule has 1 fully saturated rings. The first kappa shape index (κ1) is 14.4. The number of nitrogens with zero attached hydrogens (tertiary/aromatic N) is 1. The minimum atomic E-state index is -0.824. The molecule has 4 nitrogen and oxygen atoms in total. The van der Waals surface area contributed by atoms with E-state index < -0.39 is 5.97 Å². The summed E-state index contributed by atoms with van der Waals surface area (Å²) in [5.41, 5.74) is 2.11. The summed E-state index contributed by atoms with van der Waals surface area (Å²) in [5, 5.41) is 8.94. The molecule has 1 atom stereocenters. The first-order valence-electron chi connectivity index (χ1n) is 6.77. The van der Waals surface area contributed by atoms with Crippen LogP contribution >= 0.6 is 0 Å². The van der Waals surface area contributed by atoms with Gasteiger partial charge in [0.2, 0.25) is 0 Å². The molecule has 0 saturated carbocycles. The van der Waals surface area contributed by atoms with Gasteiger partial charge in [0.1, 0.15) is 0 Å². The summed E-state index contributed by atoms with van der Waals surface area (Å²) < 4.78 is 5.33. The lowest BCUT2D eigenvalue weighted by Crippen LogP contribution is -2.36. The van der Waals surface area contributed by atoms with E-state index >= 15 is 0 Å². The van der Waals surface area contributed by atoms with Crippen LogP contribution in [-0.2, 0) is 9.53 Å². The zero-order valence-corrected chi connectivity index (χ0v) is 11.6. The van der Waals surface area contributed by atoms with Gasteiger partial charge < -0.3 is 14.7 Å². The molecule has 1 aliphatic heterocycles. The molecule has 0 aliphatic carbocycles. The number of ether oxygens (including phenoxy) is 1. The Balaban J connectivity index is 2.12. The molecule has 1 aromatic rings. The molecular weight excluding hydrogens is 254 g/mol. The molecule has 4 heteroatoms. The molecule has 0 aromatic heterocycles. The van der Waals surface area contributed by atoms with Crippen molar-refractivity contribution in [1.29, 1.82) is 0 Å². The third kappa shape index (κ3) is 3.75. The van der Waals surface area contributed by atoms with E-state index in [0.717, 1.165) is 37.6 Å². The van der Waals surface area contributed by atoms with Crippen LogP contribution in [0.25, 0.3) is 0 Å². The van der Waals surface area contributed by atoms with Crippen molar-refractivity contribution < 1.29 is 14.6 Å². The maximum absolute atomic E-state index is 10.9. The molecule has 1 unspecified atom stereocenters. The molecule has 0 amide bonds. The number of morpholine rings is 1. The van der Waals surface area contributed by atoms with Crippen molar-refractivity contribution in [3.05, 3.63) is 29.8 Å². The van der Waals surface area contributed by atoms with E-state index in [1.165, 1.54) is 0 Å². The van der Waals surface area contributed by atoms with E-state index in [0.29, 0.717) is 0 Å². The summed E-state index contributed by atoms with van der Waals surface area (Å²) in [6, 6.07) is 8.02. The molecule has 2 rings (SSSR count). The number of carboxylic acid groups (broad SMARTS) is 1. The molecule has 1 saturated heterocycles. The average Bonchev–Trinajstić information content (AvgIpc) is 2.47. The van der Waals surface area contributed by atoms with E-state index in [2.05, 4.69) is 16.7 Å². The summed E-state index contributed by atoms with van der Waals surface area (Å²) in [6.07, 6.45) is 0.0394. The van der Waals surface area contributed by atoms with Gasteiger partial charge >= 0.3 is 5.97 Å². The van der Waals surface area contributed by atoms with Crippen LogP contribution in [0.5, 0.6) is 0 Å². The third-order valence-electron chi connectivity index (χ3n) is 3.37. The lowest BCUT2D eigenvalue weighted by Gasteiger charge is -2.29. The van der Waals surface area contributed by atoms with Gasteiger partial charge in [0, 0.05) is 18.8 Å². The summed E-state index contributed by atoms with van der Waals surface area (Å²) in [5.74, 6) is 4.71. The highest BCUT2D eigenvalue weighted by Crippen LogP contribution is 2.23. The van der Waals surface area contributed by atoms with Gasteiger partial charge in [-0.05, 0) is 24.6 Å². The molecule has 20 heavy (non-hydrogen) atoms. The Morgan fingerprint density at radius 2 is 2.00 bits per heavy atom. The predicted octanol–water partition coefficient (Wildman–Crippen LogP) is 2.10. The Hall–Kier alpha value is -1.99. The van der Waals surface area contributed by atoms with Crippen LogP contribution in [0.1, 0.15) is 24.8 Å². The number of hydrogen-bond donors (Lipinski definition) is 1. The number of benzene rings is 1. The molecule has 1 aromatic carbocycles. The monoisotopic (exact) mass is 273 g/mol. The molecule has 0 spiro atoms. The van der Waals surface area contributed by atoms with Crippen LogP contribution in [0.3, 0.4) is 0 Å². The van der Waals surface area contributed by atoms with E-state index in [-0.39, 0.29) is 12.3 Å². The lowest BCUT2D eigenvalue weighted by molar-refractivity contribution is -0.137. The van der Waals surface area contributed by atoms with Gasteiger partial charge in [-0.1, -0.05) is 18.1 Å². The highest BCUT2D eigenvalue weighted by molar-refractivity contribution is 5.69. The molecule has 1 N–H and O–H groups in total. The standard InChI is InChI=1S/C16H19NO3/c1-2-3-14(12-16(18)19)13-4-6-15(7-5-13)17-8-10-20-11-9-17/h4-7,14H,8-12H2,1H3,(H,18,19). The number of rotatable bonds is 4. The Morgan fingerprint density at radius 3 is 2.55 bits per heavy atom. The number of carbonyl (C=O) groups is 1. The van der Waals surface area contributed by atoms with E-state index in [4.69, 9.17) is 9.84 Å². The smallest absolute Gasteiger partial charge is 0.304 e. The van der Waals surface area contributed by atoms with E-state index in [1.54, 1.807) is 6.92 Å². The number of carboxylic acids is 1. The molecule has 1 heterocycles. The summed E-state index contributed by atoms with van der Waals surface area (Å²) in [4.78, 5) is 13.2. The van der Waals surface area contributed by atoms with Crippen LogP contribution < -0.4 is 4.90 Å². The first-order chi connectivity index (χ1) is 9.70. The predicted molar refractivity (Wildman–Crippen MR) is 77.9 cm³/mol. The summed E-state index contributed by atoms with van der Waals surface area (Å²) >= 11 is 0. The van der Waals surface area contributed by atoms with Crippen LogP contribution in [0.2, 0.25) is 0 Å². The van der Waals surface area contributed by atoms with Gasteiger partial charge in [0.25, 0.3) is 0 Å². The van der Waals surface area contributed by atoms with Crippen molar-refractivity contribution in [3.63, 3.8) is 0 Å². The minimum Gasteiger partial charge on any atom is -0.481 e. The van der Waals surface area contributed by atoms with Crippen LogP contribution in [0.15, 0.2) is 24.3 Å². The van der Waals surface area contributed by atoms with Gasteiger partial charge in [0.05, 0.1) is 25.6 Å². The Bertz CT molecular complexity index is 507. The largest absolute Gasteiger partial charge is 0.481 e. The molecule has 1 aliphatic rings. The van der Waals surface area contributed by atoms with Crippen molar-refractivity contribution in [1.82, 2.24) is 0 Å². The van der Waals surface area contributed by atoms with Crippen molar-refractivity contribution in [2.45, 2.75) is 19.3 Å². The quantitative estimate of drug-likeness (QED) is 0.854. The van der Waals surface area contributed by atoms with Crippen LogP contribution in [0, 0.1) is 11.8 Å². The zero-order chi connectivity index (χ0) is 14.4. The highest BCUT2D eigenvalue weighted by Gasteiger charge is 2.15. The highest BCUT2D eigenvalue weighted by atomic mass is 16.5. The Kier molecular flexibility index (Phi) is 5.03. The SMILES string of the molecule is CC#CC(CC(=O)O)c1ccc(N2CCOCC2)cc1. The number of anilines is 1. The molecular formula is C16H19NO3. The number of aliphatic carboxylic acids is 1. The van der Waals surface area contributed by atoms with Gasteiger partial charge in [-0.3, -0.25) is 4.79 Å². The van der Waals surface area contributed by atoms with Gasteiger partial charge in [-0.25, -0.2) is 0 Å². The van der Waals surface area contributed by atoms with Crippen LogP contribution in [0.4, 0.5) is 5.69 Å². The van der Waals surface area contributed by atoms with Crippen molar-refractivity contribution in [3.8, 4) is 11.8 Å². The second-order valence-corrected chi connectivity index (χ2v) is 4.74.